The van der Waals surface area contributed by atoms with Gasteiger partial charge in [-0.3, -0.25) is 4.79 Å². The zero-order chi connectivity index (χ0) is 12.8. The van der Waals surface area contributed by atoms with Crippen LogP contribution < -0.4 is 5.32 Å². The van der Waals surface area contributed by atoms with Gasteiger partial charge in [0.2, 0.25) is 0 Å². The highest BCUT2D eigenvalue weighted by atomic mass is 32.1. The maximum absolute atomic E-state index is 13.4. The molecule has 0 radical (unpaired) electrons. The van der Waals surface area contributed by atoms with Crippen molar-refractivity contribution in [3.63, 3.8) is 0 Å². The van der Waals surface area contributed by atoms with E-state index in [1.165, 1.54) is 18.2 Å². The Labute approximate surface area is 106 Å². The molecule has 0 bridgehead atoms. The van der Waals surface area contributed by atoms with E-state index in [9.17, 15) is 9.18 Å². The van der Waals surface area contributed by atoms with Crippen LogP contribution in [0.15, 0.2) is 23.1 Å². The zero-order valence-corrected chi connectivity index (χ0v) is 10.4. The number of carbonyl (C=O) groups is 1. The number of benzene rings is 1. The van der Waals surface area contributed by atoms with Gasteiger partial charge in [-0.05, 0) is 24.6 Å². The molecule has 1 aromatic carbocycles. The van der Waals surface area contributed by atoms with E-state index >= 15 is 0 Å². The van der Waals surface area contributed by atoms with Crippen molar-refractivity contribution >= 4 is 18.5 Å². The van der Waals surface area contributed by atoms with Gasteiger partial charge >= 0.3 is 0 Å². The Hall–Kier alpha value is -1.47. The molecule has 4 heteroatoms. The Bertz CT molecular complexity index is 453. The number of carbonyl (C=O) groups excluding carboxylic acids is 1. The molecule has 0 fully saturated rings. The van der Waals surface area contributed by atoms with E-state index in [2.05, 4.69) is 23.9 Å². The summed E-state index contributed by atoms with van der Waals surface area (Å²) in [5.41, 5.74) is -0.00651. The monoisotopic (exact) mass is 251 g/mol. The van der Waals surface area contributed by atoms with Crippen molar-refractivity contribution in [2.24, 2.45) is 0 Å². The predicted octanol–water partition coefficient (Wildman–Crippen LogP) is 2.65. The van der Waals surface area contributed by atoms with E-state index in [1.807, 2.05) is 6.92 Å². The normalized spacial score (nSPS) is 11.6. The molecule has 90 valence electrons. The van der Waals surface area contributed by atoms with Crippen LogP contribution in [0.5, 0.6) is 0 Å². The van der Waals surface area contributed by atoms with E-state index < -0.39 is 11.7 Å². The molecule has 0 saturated heterocycles. The number of hydrogen-bond acceptors (Lipinski definition) is 2. The highest BCUT2D eigenvalue weighted by Gasteiger charge is 2.15. The first-order chi connectivity index (χ1) is 8.08. The summed E-state index contributed by atoms with van der Waals surface area (Å²) in [6.45, 7) is 1.91. The maximum Gasteiger partial charge on any atom is 0.254 e. The molecule has 0 saturated carbocycles. The molecule has 0 heterocycles. The van der Waals surface area contributed by atoms with E-state index in [-0.39, 0.29) is 11.6 Å². The average Bonchev–Trinajstić information content (AvgIpc) is 2.31. The quantitative estimate of drug-likeness (QED) is 0.625. The average molecular weight is 251 g/mol. The topological polar surface area (TPSA) is 29.1 Å². The first kappa shape index (κ1) is 13.6. The summed E-state index contributed by atoms with van der Waals surface area (Å²) in [6.07, 6.45) is 6.33. The lowest BCUT2D eigenvalue weighted by molar-refractivity contribution is 0.0932. The molecular formula is C13H14FNOS. The molecule has 1 rings (SSSR count). The van der Waals surface area contributed by atoms with Gasteiger partial charge in [0.25, 0.3) is 5.91 Å². The fraction of sp³-hybridized carbons (Fsp3) is 0.308. The smallest absolute Gasteiger partial charge is 0.254 e. The first-order valence-electron chi connectivity index (χ1n) is 5.31. The summed E-state index contributed by atoms with van der Waals surface area (Å²) in [7, 11) is 0. The lowest BCUT2D eigenvalue weighted by Crippen LogP contribution is -2.34. The van der Waals surface area contributed by atoms with Gasteiger partial charge in [-0.1, -0.05) is 6.92 Å². The largest absolute Gasteiger partial charge is 0.348 e. The lowest BCUT2D eigenvalue weighted by Gasteiger charge is -2.14. The van der Waals surface area contributed by atoms with Gasteiger partial charge in [-0.2, -0.15) is 0 Å². The van der Waals surface area contributed by atoms with Crippen molar-refractivity contribution < 1.29 is 9.18 Å². The van der Waals surface area contributed by atoms with Gasteiger partial charge in [0, 0.05) is 17.4 Å². The second-order valence-corrected chi connectivity index (χ2v) is 4.17. The Morgan fingerprint density at radius 2 is 2.35 bits per heavy atom. The molecule has 1 N–H and O–H groups in total. The van der Waals surface area contributed by atoms with Crippen molar-refractivity contribution in [2.45, 2.75) is 30.7 Å². The first-order valence-corrected chi connectivity index (χ1v) is 5.76. The molecular weight excluding hydrogens is 237 g/mol. The second kappa shape index (κ2) is 6.31. The van der Waals surface area contributed by atoms with Gasteiger partial charge in [-0.15, -0.1) is 25.0 Å². The van der Waals surface area contributed by atoms with E-state index in [4.69, 9.17) is 6.42 Å². The van der Waals surface area contributed by atoms with E-state index in [0.29, 0.717) is 17.7 Å². The van der Waals surface area contributed by atoms with Gasteiger partial charge in [0.1, 0.15) is 5.82 Å². The van der Waals surface area contributed by atoms with Crippen LogP contribution >= 0.6 is 12.6 Å². The third-order valence-corrected chi connectivity index (χ3v) is 2.67. The van der Waals surface area contributed by atoms with Crippen molar-refractivity contribution in [1.82, 2.24) is 5.32 Å². The van der Waals surface area contributed by atoms with Crippen LogP contribution in [0.25, 0.3) is 0 Å². The third-order valence-electron chi connectivity index (χ3n) is 2.39. The number of thiol groups is 1. The molecule has 17 heavy (non-hydrogen) atoms. The molecule has 1 amide bonds. The summed E-state index contributed by atoms with van der Waals surface area (Å²) >= 11 is 4.07. The summed E-state index contributed by atoms with van der Waals surface area (Å²) in [5, 5.41) is 2.70. The van der Waals surface area contributed by atoms with Crippen LogP contribution in [-0.2, 0) is 0 Å². The van der Waals surface area contributed by atoms with Gasteiger partial charge in [0.15, 0.2) is 0 Å². The Morgan fingerprint density at radius 3 is 2.94 bits per heavy atom. The molecule has 0 aliphatic rings. The van der Waals surface area contributed by atoms with Crippen LogP contribution in [0.4, 0.5) is 4.39 Å². The fourth-order valence-electron chi connectivity index (χ4n) is 1.39. The highest BCUT2D eigenvalue weighted by molar-refractivity contribution is 7.80. The molecule has 0 aromatic heterocycles. The Balaban J connectivity index is 2.82. The van der Waals surface area contributed by atoms with Gasteiger partial charge < -0.3 is 5.32 Å². The molecule has 0 aliphatic carbocycles. The zero-order valence-electron chi connectivity index (χ0n) is 9.53. The number of nitrogens with one attached hydrogen (secondary N) is 1. The van der Waals surface area contributed by atoms with Gasteiger partial charge in [-0.25, -0.2) is 4.39 Å². The lowest BCUT2D eigenvalue weighted by atomic mass is 10.1. The van der Waals surface area contributed by atoms with Crippen LogP contribution in [0.1, 0.15) is 30.1 Å². The van der Waals surface area contributed by atoms with E-state index in [0.717, 1.165) is 0 Å². The van der Waals surface area contributed by atoms with Crippen molar-refractivity contribution in [1.29, 1.82) is 0 Å². The van der Waals surface area contributed by atoms with E-state index in [1.54, 1.807) is 0 Å². The summed E-state index contributed by atoms with van der Waals surface area (Å²) in [5.74, 6) is 1.46. The Morgan fingerprint density at radius 1 is 1.65 bits per heavy atom. The second-order valence-electron chi connectivity index (χ2n) is 3.65. The fourth-order valence-corrected chi connectivity index (χ4v) is 1.59. The number of rotatable bonds is 4. The predicted molar refractivity (Wildman–Crippen MR) is 68.6 cm³/mol. The molecule has 1 aromatic rings. The van der Waals surface area contributed by atoms with Crippen LogP contribution in [0.3, 0.4) is 0 Å². The number of halogens is 1. The van der Waals surface area contributed by atoms with Crippen molar-refractivity contribution in [3.05, 3.63) is 29.6 Å². The van der Waals surface area contributed by atoms with Gasteiger partial charge in [0.05, 0.1) is 5.56 Å². The molecule has 0 aliphatic heterocycles. The molecule has 0 spiro atoms. The minimum absolute atomic E-state index is 0.00651. The number of terminal acetylenes is 1. The summed E-state index contributed by atoms with van der Waals surface area (Å²) in [6, 6.07) is 3.99. The summed E-state index contributed by atoms with van der Waals surface area (Å²) < 4.78 is 13.4. The van der Waals surface area contributed by atoms with Crippen LogP contribution in [-0.4, -0.2) is 11.9 Å². The Kier molecular flexibility index (Phi) is 5.05. The minimum Gasteiger partial charge on any atom is -0.348 e. The minimum atomic E-state index is -0.559. The SMILES string of the molecule is C#CCC(CC)NC(=O)c1cc(S)ccc1F. The molecule has 1 unspecified atom stereocenters. The molecule has 2 nitrogen and oxygen atoms in total. The van der Waals surface area contributed by atoms with Crippen LogP contribution in [0, 0.1) is 18.2 Å². The van der Waals surface area contributed by atoms with Crippen molar-refractivity contribution in [3.8, 4) is 12.3 Å². The molecule has 1 atom stereocenters. The highest BCUT2D eigenvalue weighted by Crippen LogP contribution is 2.14. The maximum atomic E-state index is 13.4. The number of hydrogen-bond donors (Lipinski definition) is 2. The third kappa shape index (κ3) is 3.79. The van der Waals surface area contributed by atoms with Crippen LogP contribution in [0.2, 0.25) is 0 Å². The number of amides is 1. The standard InChI is InChI=1S/C13H14FNOS/c1-3-5-9(4-2)15-13(16)11-8-10(17)6-7-12(11)14/h1,6-9,17H,4-5H2,2H3,(H,15,16). The summed E-state index contributed by atoms with van der Waals surface area (Å²) in [4.78, 5) is 12.4. The van der Waals surface area contributed by atoms with Crippen molar-refractivity contribution in [2.75, 3.05) is 0 Å².